The normalized spacial score (nSPS) is 29.4. The maximum Gasteiger partial charge on any atom is 0.227 e. The number of hydrogen-bond acceptors (Lipinski definition) is 3. The third-order valence-electron chi connectivity index (χ3n) is 4.19. The van der Waals surface area contributed by atoms with Gasteiger partial charge in [0.25, 0.3) is 0 Å². The highest BCUT2D eigenvalue weighted by Crippen LogP contribution is 2.25. The van der Waals surface area contributed by atoms with Crippen molar-refractivity contribution in [2.45, 2.75) is 51.6 Å². The number of piperidine rings is 1. The average molecular weight is 254 g/mol. The summed E-state index contributed by atoms with van der Waals surface area (Å²) in [5.74, 6) is 0.171. The van der Waals surface area contributed by atoms with Crippen LogP contribution in [0.15, 0.2) is 0 Å². The molecule has 0 bridgehead atoms. The molecule has 1 atom stereocenters. The maximum absolute atomic E-state index is 12.1. The largest absolute Gasteiger partial charge is 0.376 e. The van der Waals surface area contributed by atoms with Crippen LogP contribution in [0, 0.1) is 5.41 Å². The van der Waals surface area contributed by atoms with Gasteiger partial charge in [-0.3, -0.25) is 4.79 Å². The zero-order valence-corrected chi connectivity index (χ0v) is 11.5. The molecule has 0 aromatic heterocycles. The number of hydrogen-bond donors (Lipinski definition) is 2. The first-order chi connectivity index (χ1) is 8.71. The Morgan fingerprint density at radius 1 is 1.39 bits per heavy atom. The third kappa shape index (κ3) is 3.69. The van der Waals surface area contributed by atoms with Crippen molar-refractivity contribution in [1.82, 2.24) is 10.6 Å². The molecule has 0 aromatic carbocycles. The number of carbonyl (C=O) groups is 1. The molecule has 0 radical (unpaired) electrons. The van der Waals surface area contributed by atoms with Crippen molar-refractivity contribution in [2.75, 3.05) is 26.2 Å². The summed E-state index contributed by atoms with van der Waals surface area (Å²) in [7, 11) is 0. The average Bonchev–Trinajstić information content (AvgIpc) is 2.88. The van der Waals surface area contributed by atoms with Gasteiger partial charge in [0.05, 0.1) is 18.1 Å². The van der Waals surface area contributed by atoms with E-state index in [1.165, 1.54) is 25.7 Å². The maximum atomic E-state index is 12.1. The fourth-order valence-corrected chi connectivity index (χ4v) is 2.91. The topological polar surface area (TPSA) is 50.4 Å². The SMILES string of the molecule is CC1(C(=O)NCCOC2CCCC2)CCCNC1. The van der Waals surface area contributed by atoms with E-state index in [-0.39, 0.29) is 11.3 Å². The Bertz CT molecular complexity index is 269. The first kappa shape index (κ1) is 13.8. The third-order valence-corrected chi connectivity index (χ3v) is 4.19. The van der Waals surface area contributed by atoms with Crippen LogP contribution in [0.25, 0.3) is 0 Å². The smallest absolute Gasteiger partial charge is 0.227 e. The molecule has 2 N–H and O–H groups in total. The van der Waals surface area contributed by atoms with Crippen LogP contribution in [-0.2, 0) is 9.53 Å². The molecule has 104 valence electrons. The van der Waals surface area contributed by atoms with Gasteiger partial charge in [-0.15, -0.1) is 0 Å². The fourth-order valence-electron chi connectivity index (χ4n) is 2.91. The van der Waals surface area contributed by atoms with Crippen LogP contribution >= 0.6 is 0 Å². The van der Waals surface area contributed by atoms with Gasteiger partial charge < -0.3 is 15.4 Å². The Labute approximate surface area is 110 Å². The molecule has 1 heterocycles. The van der Waals surface area contributed by atoms with Gasteiger partial charge in [-0.1, -0.05) is 12.8 Å². The minimum Gasteiger partial charge on any atom is -0.376 e. The van der Waals surface area contributed by atoms with Gasteiger partial charge in [0.2, 0.25) is 5.91 Å². The van der Waals surface area contributed by atoms with Crippen molar-refractivity contribution < 1.29 is 9.53 Å². The molecule has 4 nitrogen and oxygen atoms in total. The monoisotopic (exact) mass is 254 g/mol. The Morgan fingerprint density at radius 3 is 2.83 bits per heavy atom. The Kier molecular flexibility index (Phi) is 5.01. The van der Waals surface area contributed by atoms with E-state index in [1.807, 2.05) is 6.92 Å². The Balaban J connectivity index is 1.61. The summed E-state index contributed by atoms with van der Waals surface area (Å²) in [5.41, 5.74) is -0.231. The second-order valence-electron chi connectivity index (χ2n) is 5.87. The highest BCUT2D eigenvalue weighted by molar-refractivity contribution is 5.82. The summed E-state index contributed by atoms with van der Waals surface area (Å²) in [6.45, 7) is 5.17. The van der Waals surface area contributed by atoms with E-state index >= 15 is 0 Å². The molecule has 1 amide bonds. The predicted molar refractivity (Wildman–Crippen MR) is 71.4 cm³/mol. The van der Waals surface area contributed by atoms with Crippen LogP contribution < -0.4 is 10.6 Å². The van der Waals surface area contributed by atoms with Gasteiger partial charge in [-0.25, -0.2) is 0 Å². The van der Waals surface area contributed by atoms with Crippen LogP contribution in [-0.4, -0.2) is 38.3 Å². The molecule has 0 aromatic rings. The van der Waals surface area contributed by atoms with Crippen molar-refractivity contribution in [2.24, 2.45) is 5.41 Å². The molecule has 2 fully saturated rings. The van der Waals surface area contributed by atoms with Crippen LogP contribution in [0.1, 0.15) is 45.4 Å². The minimum atomic E-state index is -0.231. The van der Waals surface area contributed by atoms with Gasteiger partial charge in [0.1, 0.15) is 0 Å². The quantitative estimate of drug-likeness (QED) is 0.730. The lowest BCUT2D eigenvalue weighted by atomic mass is 9.82. The first-order valence-corrected chi connectivity index (χ1v) is 7.31. The van der Waals surface area contributed by atoms with E-state index < -0.39 is 0 Å². The second-order valence-corrected chi connectivity index (χ2v) is 5.87. The lowest BCUT2D eigenvalue weighted by molar-refractivity contribution is -0.131. The van der Waals surface area contributed by atoms with Gasteiger partial charge in [-0.2, -0.15) is 0 Å². The zero-order chi connectivity index (χ0) is 12.8. The molecule has 2 rings (SSSR count). The number of amides is 1. The molecular formula is C14H26N2O2. The van der Waals surface area contributed by atoms with E-state index in [0.29, 0.717) is 19.3 Å². The summed E-state index contributed by atoms with van der Waals surface area (Å²) < 4.78 is 5.74. The van der Waals surface area contributed by atoms with E-state index in [0.717, 1.165) is 25.9 Å². The summed E-state index contributed by atoms with van der Waals surface area (Å²) in [6, 6.07) is 0. The van der Waals surface area contributed by atoms with Gasteiger partial charge in [0.15, 0.2) is 0 Å². The van der Waals surface area contributed by atoms with Crippen molar-refractivity contribution in [1.29, 1.82) is 0 Å². The Hall–Kier alpha value is -0.610. The Morgan fingerprint density at radius 2 is 2.17 bits per heavy atom. The number of ether oxygens (including phenoxy) is 1. The van der Waals surface area contributed by atoms with Crippen LogP contribution in [0.2, 0.25) is 0 Å². The summed E-state index contributed by atoms with van der Waals surface area (Å²) >= 11 is 0. The van der Waals surface area contributed by atoms with Crippen molar-refractivity contribution in [3.63, 3.8) is 0 Å². The number of nitrogens with one attached hydrogen (secondary N) is 2. The molecule has 18 heavy (non-hydrogen) atoms. The zero-order valence-electron chi connectivity index (χ0n) is 11.5. The van der Waals surface area contributed by atoms with E-state index in [9.17, 15) is 4.79 Å². The summed E-state index contributed by atoms with van der Waals surface area (Å²) in [4.78, 5) is 12.1. The van der Waals surface area contributed by atoms with Crippen molar-refractivity contribution in [3.05, 3.63) is 0 Å². The molecule has 0 spiro atoms. The van der Waals surface area contributed by atoms with Crippen LogP contribution in [0.3, 0.4) is 0 Å². The highest BCUT2D eigenvalue weighted by Gasteiger charge is 2.34. The lowest BCUT2D eigenvalue weighted by Crippen LogP contribution is -2.49. The molecule has 2 aliphatic rings. The van der Waals surface area contributed by atoms with Crippen molar-refractivity contribution >= 4 is 5.91 Å². The molecule has 1 saturated heterocycles. The number of rotatable bonds is 5. The molecule has 1 saturated carbocycles. The first-order valence-electron chi connectivity index (χ1n) is 7.31. The summed E-state index contributed by atoms with van der Waals surface area (Å²) in [6.07, 6.45) is 7.47. The fraction of sp³-hybridized carbons (Fsp3) is 0.929. The van der Waals surface area contributed by atoms with Gasteiger partial charge in [0, 0.05) is 13.1 Å². The van der Waals surface area contributed by atoms with Crippen LogP contribution in [0.5, 0.6) is 0 Å². The molecular weight excluding hydrogens is 228 g/mol. The predicted octanol–water partition coefficient (Wildman–Crippen LogP) is 1.45. The standard InChI is InChI=1S/C14H26N2O2/c1-14(7-4-8-15-11-14)13(17)16-9-10-18-12-5-2-3-6-12/h12,15H,2-11H2,1H3,(H,16,17). The van der Waals surface area contributed by atoms with Gasteiger partial charge in [-0.05, 0) is 39.2 Å². The van der Waals surface area contributed by atoms with E-state index in [1.54, 1.807) is 0 Å². The lowest BCUT2D eigenvalue weighted by Gasteiger charge is -2.32. The molecule has 4 heteroatoms. The number of carbonyl (C=O) groups excluding carboxylic acids is 1. The van der Waals surface area contributed by atoms with E-state index in [2.05, 4.69) is 10.6 Å². The molecule has 1 unspecified atom stereocenters. The molecule has 1 aliphatic heterocycles. The minimum absolute atomic E-state index is 0.171. The highest BCUT2D eigenvalue weighted by atomic mass is 16.5. The van der Waals surface area contributed by atoms with E-state index in [4.69, 9.17) is 4.74 Å². The van der Waals surface area contributed by atoms with Crippen molar-refractivity contribution in [3.8, 4) is 0 Å². The second kappa shape index (κ2) is 6.53. The van der Waals surface area contributed by atoms with Gasteiger partial charge >= 0.3 is 0 Å². The molecule has 1 aliphatic carbocycles. The van der Waals surface area contributed by atoms with Crippen LogP contribution in [0.4, 0.5) is 0 Å². The summed E-state index contributed by atoms with van der Waals surface area (Å²) in [5, 5.41) is 6.31.